The molecule has 1 aromatic heterocycles. The van der Waals surface area contributed by atoms with E-state index < -0.39 is 6.61 Å². The van der Waals surface area contributed by atoms with Crippen molar-refractivity contribution in [1.82, 2.24) is 20.6 Å². The highest BCUT2D eigenvalue weighted by molar-refractivity contribution is 6.32. The van der Waals surface area contributed by atoms with E-state index in [9.17, 15) is 8.78 Å². The van der Waals surface area contributed by atoms with Crippen molar-refractivity contribution >= 4 is 40.4 Å². The second-order valence-electron chi connectivity index (χ2n) is 8.89. The van der Waals surface area contributed by atoms with Gasteiger partial charge in [-0.15, -0.1) is 0 Å². The fourth-order valence-electron chi connectivity index (χ4n) is 5.07. The van der Waals surface area contributed by atoms with Crippen molar-refractivity contribution in [2.75, 3.05) is 28.6 Å². The summed E-state index contributed by atoms with van der Waals surface area (Å²) in [4.78, 5) is 11.0. The summed E-state index contributed by atoms with van der Waals surface area (Å²) < 4.78 is 31.3. The van der Waals surface area contributed by atoms with Crippen molar-refractivity contribution in [2.45, 2.75) is 38.2 Å². The first-order valence-electron chi connectivity index (χ1n) is 11.5. The zero-order valence-electron chi connectivity index (χ0n) is 18.7. The molecule has 35 heavy (non-hydrogen) atoms. The summed E-state index contributed by atoms with van der Waals surface area (Å²) in [5.41, 5.74) is 4.47. The van der Waals surface area contributed by atoms with Crippen molar-refractivity contribution in [1.29, 1.82) is 0 Å². The maximum absolute atomic E-state index is 13.2. The average Bonchev–Trinajstić information content (AvgIpc) is 3.59. The molecule has 4 N–H and O–H groups in total. The van der Waals surface area contributed by atoms with Crippen LogP contribution >= 0.6 is 11.6 Å². The molecule has 8 nitrogen and oxygen atoms in total. The number of fused-ring (bicyclic) bond motifs is 3. The van der Waals surface area contributed by atoms with Gasteiger partial charge in [-0.1, -0.05) is 23.7 Å². The molecule has 2 saturated heterocycles. The van der Waals surface area contributed by atoms with E-state index in [2.05, 4.69) is 42.2 Å². The van der Waals surface area contributed by atoms with Crippen molar-refractivity contribution in [3.63, 3.8) is 0 Å². The van der Waals surface area contributed by atoms with Crippen LogP contribution in [0.1, 0.15) is 17.5 Å². The minimum absolute atomic E-state index is 0.0354. The maximum atomic E-state index is 13.2. The number of hydrogen-bond acceptors (Lipinski definition) is 8. The molecule has 2 fully saturated rings. The maximum Gasteiger partial charge on any atom is 0.387 e. The Hall–Kier alpha value is -3.21. The number of hydrogen-bond donors (Lipinski definition) is 4. The SMILES string of the molecule is FC(F)Oc1cc(N2C[C@@H]3C[C@H]2CN3)ccc1Nc1ncc(Cl)c(Nc2cccc3c2CNC3)n1. The molecule has 0 spiro atoms. The number of nitrogens with zero attached hydrogens (tertiary/aromatic N) is 3. The van der Waals surface area contributed by atoms with Crippen LogP contribution in [-0.4, -0.2) is 41.8 Å². The number of halogens is 3. The molecule has 2 atom stereocenters. The Labute approximate surface area is 206 Å². The normalized spacial score (nSPS) is 20.4. The highest BCUT2D eigenvalue weighted by Gasteiger charge is 2.37. The third kappa shape index (κ3) is 4.44. The third-order valence-corrected chi connectivity index (χ3v) is 6.98. The summed E-state index contributed by atoms with van der Waals surface area (Å²) >= 11 is 6.36. The first-order valence-corrected chi connectivity index (χ1v) is 11.9. The molecular formula is C24H24ClF2N7O. The van der Waals surface area contributed by atoms with Gasteiger partial charge in [0, 0.05) is 55.7 Å². The molecule has 11 heteroatoms. The van der Waals surface area contributed by atoms with Crippen molar-refractivity contribution in [3.05, 3.63) is 58.7 Å². The lowest BCUT2D eigenvalue weighted by Crippen LogP contribution is -2.43. The van der Waals surface area contributed by atoms with Crippen LogP contribution in [0.25, 0.3) is 0 Å². The van der Waals surface area contributed by atoms with Gasteiger partial charge in [-0.2, -0.15) is 13.8 Å². The number of benzene rings is 2. The molecule has 3 aliphatic heterocycles. The Morgan fingerprint density at radius 2 is 2.06 bits per heavy atom. The average molecular weight is 500 g/mol. The van der Waals surface area contributed by atoms with Gasteiger partial charge in [0.05, 0.1) is 11.9 Å². The van der Waals surface area contributed by atoms with E-state index >= 15 is 0 Å². The standard InChI is InChI=1S/C24H24ClF2N7O/c25-18-11-30-24(33-22(18)31-19-3-1-2-13-8-28-10-17(13)19)32-20-5-4-15(7-21(20)35-23(26)27)34-12-14-6-16(34)9-29-14/h1-5,7,11,14,16,23,28-29H,6,8-10,12H2,(H2,30,31,32,33)/t14-,16-/m0/s1. The van der Waals surface area contributed by atoms with E-state index in [0.29, 0.717) is 28.6 Å². The van der Waals surface area contributed by atoms with Crippen LogP contribution < -0.4 is 30.9 Å². The fraction of sp³-hybridized carbons (Fsp3) is 0.333. The minimum atomic E-state index is -2.96. The van der Waals surface area contributed by atoms with E-state index in [1.54, 1.807) is 12.1 Å². The van der Waals surface area contributed by atoms with Crippen LogP contribution in [0.2, 0.25) is 5.02 Å². The zero-order valence-corrected chi connectivity index (χ0v) is 19.4. The van der Waals surface area contributed by atoms with Gasteiger partial charge in [-0.3, -0.25) is 0 Å². The van der Waals surface area contributed by atoms with Gasteiger partial charge in [0.15, 0.2) is 11.6 Å². The molecule has 6 rings (SSSR count). The molecule has 3 aromatic rings. The number of rotatable bonds is 7. The molecule has 4 heterocycles. The van der Waals surface area contributed by atoms with E-state index in [-0.39, 0.29) is 11.7 Å². The molecule has 3 aliphatic rings. The zero-order chi connectivity index (χ0) is 23.9. The molecule has 2 bridgehead atoms. The minimum Gasteiger partial charge on any atom is -0.433 e. The van der Waals surface area contributed by atoms with Crippen molar-refractivity contribution in [2.24, 2.45) is 0 Å². The quantitative estimate of drug-likeness (QED) is 0.381. The first-order chi connectivity index (χ1) is 17.0. The molecule has 0 saturated carbocycles. The molecular weight excluding hydrogens is 476 g/mol. The van der Waals surface area contributed by atoms with Crippen molar-refractivity contribution < 1.29 is 13.5 Å². The first kappa shape index (κ1) is 22.3. The highest BCUT2D eigenvalue weighted by Crippen LogP contribution is 2.37. The lowest BCUT2D eigenvalue weighted by atomic mass is 10.1. The third-order valence-electron chi connectivity index (χ3n) is 6.70. The van der Waals surface area contributed by atoms with Crippen LogP contribution in [0.3, 0.4) is 0 Å². The second kappa shape index (κ2) is 9.10. The van der Waals surface area contributed by atoms with Crippen LogP contribution in [0.5, 0.6) is 5.75 Å². The molecule has 0 radical (unpaired) electrons. The van der Waals surface area contributed by atoms with Gasteiger partial charge >= 0.3 is 6.61 Å². The Balaban J connectivity index is 1.26. The van der Waals surface area contributed by atoms with Gasteiger partial charge in [0.2, 0.25) is 5.95 Å². The number of ether oxygens (including phenoxy) is 1. The summed E-state index contributed by atoms with van der Waals surface area (Å²) in [6.45, 7) is 0.346. The Bertz CT molecular complexity index is 1260. The summed E-state index contributed by atoms with van der Waals surface area (Å²) in [6, 6.07) is 12.1. The van der Waals surface area contributed by atoms with Crippen LogP contribution in [0, 0.1) is 0 Å². The topological polar surface area (TPSA) is 86.4 Å². The van der Waals surface area contributed by atoms with E-state index in [0.717, 1.165) is 49.5 Å². The van der Waals surface area contributed by atoms with Gasteiger partial charge in [0.1, 0.15) is 5.02 Å². The predicted molar refractivity (Wildman–Crippen MR) is 131 cm³/mol. The molecule has 0 unspecified atom stereocenters. The molecule has 0 amide bonds. The monoisotopic (exact) mass is 499 g/mol. The lowest BCUT2D eigenvalue weighted by molar-refractivity contribution is -0.0493. The summed E-state index contributed by atoms with van der Waals surface area (Å²) in [5, 5.41) is 13.4. The Kier molecular flexibility index (Phi) is 5.79. The molecule has 182 valence electrons. The van der Waals surface area contributed by atoms with Crippen LogP contribution in [-0.2, 0) is 13.1 Å². The van der Waals surface area contributed by atoms with Gasteiger partial charge in [0.25, 0.3) is 0 Å². The number of anilines is 5. The molecule has 2 aromatic carbocycles. The highest BCUT2D eigenvalue weighted by atomic mass is 35.5. The number of aromatic nitrogens is 2. The van der Waals surface area contributed by atoms with Crippen molar-refractivity contribution in [3.8, 4) is 5.75 Å². The number of alkyl halides is 2. The second-order valence-corrected chi connectivity index (χ2v) is 9.30. The van der Waals surface area contributed by atoms with Gasteiger partial charge in [-0.25, -0.2) is 4.98 Å². The summed E-state index contributed by atoms with van der Waals surface area (Å²) in [7, 11) is 0. The van der Waals surface area contributed by atoms with E-state index in [1.807, 2.05) is 18.2 Å². The van der Waals surface area contributed by atoms with Gasteiger partial charge < -0.3 is 30.9 Å². The Morgan fingerprint density at radius 1 is 1.14 bits per heavy atom. The Morgan fingerprint density at radius 3 is 2.86 bits per heavy atom. The molecule has 0 aliphatic carbocycles. The largest absolute Gasteiger partial charge is 0.433 e. The van der Waals surface area contributed by atoms with E-state index in [1.165, 1.54) is 11.8 Å². The number of nitrogens with one attached hydrogen (secondary N) is 4. The van der Waals surface area contributed by atoms with Crippen LogP contribution in [0.4, 0.5) is 37.6 Å². The predicted octanol–water partition coefficient (Wildman–Crippen LogP) is 4.37. The number of piperazine rings is 1. The summed E-state index contributed by atoms with van der Waals surface area (Å²) in [6.07, 6.45) is 2.52. The summed E-state index contributed by atoms with van der Waals surface area (Å²) in [5.74, 6) is 0.658. The van der Waals surface area contributed by atoms with Gasteiger partial charge in [-0.05, 0) is 35.7 Å². The fourth-order valence-corrected chi connectivity index (χ4v) is 5.21. The van der Waals surface area contributed by atoms with E-state index in [4.69, 9.17) is 16.3 Å². The smallest absolute Gasteiger partial charge is 0.387 e. The lowest BCUT2D eigenvalue weighted by Gasteiger charge is -2.30. The van der Waals surface area contributed by atoms with Crippen LogP contribution in [0.15, 0.2) is 42.6 Å².